The molecule has 0 amide bonds. The van der Waals surface area contributed by atoms with Crippen LogP contribution in [-0.4, -0.2) is 42.0 Å². The number of hydrogen-bond acceptors (Lipinski definition) is 5. The predicted molar refractivity (Wildman–Crippen MR) is 79.1 cm³/mol. The maximum atomic E-state index is 11.8. The highest BCUT2D eigenvalue weighted by molar-refractivity contribution is 7.91. The summed E-state index contributed by atoms with van der Waals surface area (Å²) in [6, 6.07) is 0. The molecule has 2 rings (SSSR count). The van der Waals surface area contributed by atoms with E-state index in [1.165, 1.54) is 6.26 Å². The quantitative estimate of drug-likeness (QED) is 0.361. The van der Waals surface area contributed by atoms with Gasteiger partial charge in [0, 0.05) is 30.4 Å². The molecule has 2 aliphatic rings. The van der Waals surface area contributed by atoms with E-state index in [0.29, 0.717) is 19.3 Å². The van der Waals surface area contributed by atoms with Gasteiger partial charge >= 0.3 is 0 Å². The van der Waals surface area contributed by atoms with E-state index < -0.39 is 26.4 Å². The highest BCUT2D eigenvalue weighted by Gasteiger charge is 2.39. The van der Waals surface area contributed by atoms with Crippen LogP contribution in [-0.2, 0) is 19.4 Å². The van der Waals surface area contributed by atoms with Crippen LogP contribution in [0.3, 0.4) is 0 Å². The minimum absolute atomic E-state index is 0.116. The molecule has 0 aromatic heterocycles. The second kappa shape index (κ2) is 6.08. The number of hydrogen-bond donors (Lipinski definition) is 1. The van der Waals surface area contributed by atoms with Crippen LogP contribution < -0.4 is 0 Å². The molecule has 0 radical (unpaired) electrons. The molecule has 7 heteroatoms. The molecule has 0 aliphatic heterocycles. The first-order valence-corrected chi connectivity index (χ1v) is 9.43. The molecule has 3 atom stereocenters. The second-order valence-electron chi connectivity index (χ2n) is 5.85. The number of aliphatic hydroxyl groups excluding tert-OH is 1. The van der Waals surface area contributed by atoms with Gasteiger partial charge in [-0.3, -0.25) is 9.59 Å². The van der Waals surface area contributed by atoms with Gasteiger partial charge in [-0.1, -0.05) is 0 Å². The molecule has 0 bridgehead atoms. The molecular weight excluding hydrogens is 316 g/mol. The number of Topliss-reactive ketones (excluding diaryl/α,β-unsaturated/α-hetero) is 2. The lowest BCUT2D eigenvalue weighted by Crippen LogP contribution is -2.35. The number of carbonyl (C=O) groups excluding carboxylic acids is 2. The molecule has 1 N–H and O–H groups in total. The number of carbonyl (C=O) groups is 2. The van der Waals surface area contributed by atoms with Crippen molar-refractivity contribution in [3.8, 4) is 0 Å². The summed E-state index contributed by atoms with van der Waals surface area (Å²) < 4.78 is 23.1. The molecule has 3 unspecified atom stereocenters. The van der Waals surface area contributed by atoms with Crippen LogP contribution in [0.4, 0.5) is 0 Å². The highest BCUT2D eigenvalue weighted by atomic mass is 35.5. The Hall–Kier alpha value is -0.880. The summed E-state index contributed by atoms with van der Waals surface area (Å²) in [5, 5.41) is 9.19. The Morgan fingerprint density at radius 1 is 1.19 bits per heavy atom. The van der Waals surface area contributed by atoms with Crippen molar-refractivity contribution in [1.82, 2.24) is 0 Å². The zero-order valence-corrected chi connectivity index (χ0v) is 13.4. The predicted octanol–water partition coefficient (Wildman–Crippen LogP) is 1.94. The van der Waals surface area contributed by atoms with Gasteiger partial charge in [0.15, 0.2) is 11.6 Å². The lowest BCUT2D eigenvalue weighted by molar-refractivity contribution is -0.124. The van der Waals surface area contributed by atoms with Crippen molar-refractivity contribution in [2.75, 3.05) is 6.26 Å². The van der Waals surface area contributed by atoms with Crippen molar-refractivity contribution in [3.05, 3.63) is 11.3 Å². The topological polar surface area (TPSA) is 88.5 Å². The fourth-order valence-corrected chi connectivity index (χ4v) is 4.75. The van der Waals surface area contributed by atoms with Crippen molar-refractivity contribution in [3.63, 3.8) is 0 Å². The van der Waals surface area contributed by atoms with Crippen molar-refractivity contribution in [1.29, 1.82) is 0 Å². The van der Waals surface area contributed by atoms with Crippen molar-refractivity contribution in [2.45, 2.75) is 49.2 Å². The number of allylic oxidation sites excluding steroid dienone is 2. The Labute approximate surface area is 129 Å². The van der Waals surface area contributed by atoms with E-state index in [0.717, 1.165) is 0 Å². The molecule has 0 aromatic carbocycles. The van der Waals surface area contributed by atoms with E-state index in [1.807, 2.05) is 0 Å². The zero-order valence-electron chi connectivity index (χ0n) is 11.8. The number of rotatable bonds is 2. The summed E-state index contributed by atoms with van der Waals surface area (Å²) >= 11 is 6.21. The zero-order chi connectivity index (χ0) is 15.8. The fourth-order valence-electron chi connectivity index (χ4n) is 3.06. The third-order valence-corrected chi connectivity index (χ3v) is 6.42. The van der Waals surface area contributed by atoms with E-state index >= 15 is 0 Å². The molecule has 21 heavy (non-hydrogen) atoms. The van der Waals surface area contributed by atoms with Gasteiger partial charge in [-0.15, -0.1) is 11.6 Å². The van der Waals surface area contributed by atoms with E-state index in [1.54, 1.807) is 0 Å². The largest absolute Gasteiger partial charge is 0.511 e. The van der Waals surface area contributed by atoms with Gasteiger partial charge in [0.25, 0.3) is 0 Å². The fraction of sp³-hybridized carbons (Fsp3) is 0.714. The second-order valence-corrected chi connectivity index (χ2v) is 8.73. The van der Waals surface area contributed by atoms with Gasteiger partial charge < -0.3 is 5.11 Å². The van der Waals surface area contributed by atoms with Gasteiger partial charge in [0.05, 0.1) is 10.8 Å². The molecule has 2 saturated carbocycles. The lowest BCUT2D eigenvalue weighted by atomic mass is 9.82. The first-order chi connectivity index (χ1) is 9.71. The van der Waals surface area contributed by atoms with Crippen molar-refractivity contribution in [2.24, 2.45) is 5.92 Å². The SMILES string of the molecule is CS(=O)(=O)C1CCC(C(O)=C2C(=O)CCCC2=O)C(Cl)C1. The number of ketones is 2. The van der Waals surface area contributed by atoms with E-state index in [9.17, 15) is 23.1 Å². The maximum Gasteiger partial charge on any atom is 0.169 e. The standard InChI is InChI=1S/C14H19ClO5S/c1-21(19,20)8-5-6-9(10(15)7-8)14(18)13-11(16)3-2-4-12(13)17/h8-10,18H,2-7H2,1H3. The molecular formula is C14H19ClO5S. The molecule has 0 saturated heterocycles. The van der Waals surface area contributed by atoms with Crippen LogP contribution in [0.1, 0.15) is 38.5 Å². The highest BCUT2D eigenvalue weighted by Crippen LogP contribution is 2.37. The molecule has 5 nitrogen and oxygen atoms in total. The Bertz CT molecular complexity index is 574. The summed E-state index contributed by atoms with van der Waals surface area (Å²) in [7, 11) is -3.17. The summed E-state index contributed by atoms with van der Waals surface area (Å²) in [6.45, 7) is 0. The van der Waals surface area contributed by atoms with Crippen LogP contribution in [0.2, 0.25) is 0 Å². The van der Waals surface area contributed by atoms with Crippen molar-refractivity contribution < 1.29 is 23.1 Å². The Kier molecular flexibility index (Phi) is 4.78. The lowest BCUT2D eigenvalue weighted by Gasteiger charge is -2.32. The van der Waals surface area contributed by atoms with E-state index in [-0.39, 0.29) is 42.2 Å². The van der Waals surface area contributed by atoms with Crippen LogP contribution in [0.5, 0.6) is 0 Å². The normalized spacial score (nSPS) is 31.3. The van der Waals surface area contributed by atoms with E-state index in [4.69, 9.17) is 11.6 Å². The summed E-state index contributed by atoms with van der Waals surface area (Å²) in [5.41, 5.74) is -0.116. The number of sulfone groups is 1. The average Bonchev–Trinajstić information content (AvgIpc) is 2.37. The van der Waals surface area contributed by atoms with Crippen LogP contribution in [0.25, 0.3) is 0 Å². The summed E-state index contributed by atoms with van der Waals surface area (Å²) in [5.74, 6) is -1.43. The Balaban J connectivity index is 2.23. The average molecular weight is 335 g/mol. The molecule has 0 aromatic rings. The van der Waals surface area contributed by atoms with Gasteiger partial charge in [-0.05, 0) is 25.7 Å². The molecule has 118 valence electrons. The van der Waals surface area contributed by atoms with E-state index in [2.05, 4.69) is 0 Å². The Morgan fingerprint density at radius 3 is 2.24 bits per heavy atom. The van der Waals surface area contributed by atoms with Crippen molar-refractivity contribution >= 4 is 33.0 Å². The third kappa shape index (κ3) is 3.48. The Morgan fingerprint density at radius 2 is 1.76 bits per heavy atom. The maximum absolute atomic E-state index is 11.8. The molecule has 0 spiro atoms. The smallest absolute Gasteiger partial charge is 0.169 e. The summed E-state index contributed by atoms with van der Waals surface area (Å²) in [4.78, 5) is 23.7. The number of halogens is 1. The molecule has 2 fully saturated rings. The first kappa shape index (κ1) is 16.5. The first-order valence-electron chi connectivity index (χ1n) is 7.04. The van der Waals surface area contributed by atoms with Gasteiger partial charge in [0.1, 0.15) is 15.6 Å². The minimum Gasteiger partial charge on any atom is -0.511 e. The third-order valence-electron chi connectivity index (χ3n) is 4.30. The minimum atomic E-state index is -3.17. The number of aliphatic hydroxyl groups is 1. The van der Waals surface area contributed by atoms with Gasteiger partial charge in [-0.25, -0.2) is 8.42 Å². The van der Waals surface area contributed by atoms with Gasteiger partial charge in [-0.2, -0.15) is 0 Å². The molecule has 2 aliphatic carbocycles. The molecule has 0 heterocycles. The van der Waals surface area contributed by atoms with Gasteiger partial charge in [0.2, 0.25) is 0 Å². The van der Waals surface area contributed by atoms with Crippen LogP contribution in [0.15, 0.2) is 11.3 Å². The number of alkyl halides is 1. The summed E-state index contributed by atoms with van der Waals surface area (Å²) in [6.07, 6.45) is 3.18. The van der Waals surface area contributed by atoms with Crippen LogP contribution >= 0.6 is 11.6 Å². The monoisotopic (exact) mass is 334 g/mol. The van der Waals surface area contributed by atoms with Crippen LogP contribution in [0, 0.1) is 5.92 Å².